The Hall–Kier alpha value is -1.67. The van der Waals surface area contributed by atoms with Crippen molar-refractivity contribution in [3.05, 3.63) is 33.8 Å². The lowest BCUT2D eigenvalue weighted by Gasteiger charge is -2.24. The average molecular weight is 399 g/mol. The first-order valence-corrected chi connectivity index (χ1v) is 8.16. The molecule has 0 saturated carbocycles. The van der Waals surface area contributed by atoms with E-state index >= 15 is 0 Å². The summed E-state index contributed by atoms with van der Waals surface area (Å²) in [5.41, 5.74) is 0.218. The summed E-state index contributed by atoms with van der Waals surface area (Å²) >= 11 is 11.7. The van der Waals surface area contributed by atoms with Gasteiger partial charge in [-0.1, -0.05) is 23.2 Å². The molecule has 2 rings (SSSR count). The van der Waals surface area contributed by atoms with Crippen molar-refractivity contribution in [2.45, 2.75) is 25.1 Å². The molecule has 0 aliphatic carbocycles. The summed E-state index contributed by atoms with van der Waals surface area (Å²) in [6, 6.07) is 3.97. The van der Waals surface area contributed by atoms with Crippen LogP contribution in [0.5, 0.6) is 0 Å². The number of likely N-dealkylation sites (tertiary alicyclic amines) is 1. The minimum atomic E-state index is -4.58. The second kappa shape index (κ2) is 8.14. The van der Waals surface area contributed by atoms with Gasteiger partial charge in [-0.2, -0.15) is 13.2 Å². The SMILES string of the molecule is O=C(NCC1CCCN1C(=O)OCC(F)(F)F)c1ccc(Cl)cc1Cl. The van der Waals surface area contributed by atoms with Gasteiger partial charge in [0.2, 0.25) is 0 Å². The number of hydrogen-bond acceptors (Lipinski definition) is 3. The topological polar surface area (TPSA) is 58.6 Å². The van der Waals surface area contributed by atoms with E-state index in [9.17, 15) is 22.8 Å². The van der Waals surface area contributed by atoms with Crippen LogP contribution in [0, 0.1) is 0 Å². The fourth-order valence-corrected chi connectivity index (χ4v) is 2.99. The molecule has 25 heavy (non-hydrogen) atoms. The van der Waals surface area contributed by atoms with Gasteiger partial charge in [0.1, 0.15) is 0 Å². The summed E-state index contributed by atoms with van der Waals surface area (Å²) in [4.78, 5) is 25.1. The van der Waals surface area contributed by atoms with E-state index in [1.54, 1.807) is 0 Å². The minimum absolute atomic E-state index is 0.0822. The summed E-state index contributed by atoms with van der Waals surface area (Å²) in [7, 11) is 0. The molecule has 0 spiro atoms. The van der Waals surface area contributed by atoms with E-state index in [1.807, 2.05) is 0 Å². The zero-order chi connectivity index (χ0) is 18.6. The van der Waals surface area contributed by atoms with Crippen LogP contribution in [0.3, 0.4) is 0 Å². The average Bonchev–Trinajstić information content (AvgIpc) is 2.98. The van der Waals surface area contributed by atoms with E-state index in [1.165, 1.54) is 23.1 Å². The Morgan fingerprint density at radius 2 is 2.04 bits per heavy atom. The molecule has 1 aliphatic rings. The lowest BCUT2D eigenvalue weighted by Crippen LogP contribution is -2.44. The van der Waals surface area contributed by atoms with E-state index in [-0.39, 0.29) is 23.7 Å². The van der Waals surface area contributed by atoms with Crippen molar-refractivity contribution in [2.24, 2.45) is 0 Å². The number of carbonyl (C=O) groups excluding carboxylic acids is 2. The molecule has 1 aliphatic heterocycles. The Morgan fingerprint density at radius 3 is 2.68 bits per heavy atom. The maximum Gasteiger partial charge on any atom is 0.422 e. The van der Waals surface area contributed by atoms with Crippen molar-refractivity contribution >= 4 is 35.2 Å². The zero-order valence-electron chi connectivity index (χ0n) is 12.9. The van der Waals surface area contributed by atoms with Gasteiger partial charge in [0, 0.05) is 18.1 Å². The molecule has 2 amide bonds. The van der Waals surface area contributed by atoms with Crippen LogP contribution in [0.25, 0.3) is 0 Å². The third-order valence-electron chi connectivity index (χ3n) is 3.64. The fourth-order valence-electron chi connectivity index (χ4n) is 2.49. The van der Waals surface area contributed by atoms with Crippen molar-refractivity contribution < 1.29 is 27.5 Å². The van der Waals surface area contributed by atoms with Gasteiger partial charge in [0.25, 0.3) is 5.91 Å². The molecule has 5 nitrogen and oxygen atoms in total. The molecule has 1 N–H and O–H groups in total. The third-order valence-corrected chi connectivity index (χ3v) is 4.19. The van der Waals surface area contributed by atoms with Gasteiger partial charge in [0.05, 0.1) is 16.6 Å². The lowest BCUT2D eigenvalue weighted by molar-refractivity contribution is -0.162. The van der Waals surface area contributed by atoms with Gasteiger partial charge >= 0.3 is 12.3 Å². The molecule has 1 heterocycles. The molecule has 1 unspecified atom stereocenters. The highest BCUT2D eigenvalue weighted by atomic mass is 35.5. The van der Waals surface area contributed by atoms with Gasteiger partial charge in [-0.05, 0) is 31.0 Å². The maximum absolute atomic E-state index is 12.1. The second-order valence-electron chi connectivity index (χ2n) is 5.49. The minimum Gasteiger partial charge on any atom is -0.440 e. The van der Waals surface area contributed by atoms with Crippen LogP contribution in [-0.4, -0.2) is 48.8 Å². The van der Waals surface area contributed by atoms with E-state index in [2.05, 4.69) is 10.1 Å². The molecule has 1 saturated heterocycles. The first-order chi connectivity index (χ1) is 11.7. The van der Waals surface area contributed by atoms with Gasteiger partial charge in [-0.15, -0.1) is 0 Å². The summed E-state index contributed by atoms with van der Waals surface area (Å²) < 4.78 is 40.7. The number of carbonyl (C=O) groups is 2. The summed E-state index contributed by atoms with van der Waals surface area (Å²) in [5, 5.41) is 3.18. The van der Waals surface area contributed by atoms with E-state index in [4.69, 9.17) is 23.2 Å². The third kappa shape index (κ3) is 5.67. The molecule has 1 fully saturated rings. The molecule has 10 heteroatoms. The van der Waals surface area contributed by atoms with Crippen LogP contribution in [0.4, 0.5) is 18.0 Å². The Kier molecular flexibility index (Phi) is 6.40. The normalized spacial score (nSPS) is 17.5. The van der Waals surface area contributed by atoms with E-state index in [0.29, 0.717) is 17.9 Å². The molecule has 1 aromatic carbocycles. The van der Waals surface area contributed by atoms with Crippen molar-refractivity contribution in [1.82, 2.24) is 10.2 Å². The molecule has 138 valence electrons. The number of nitrogens with zero attached hydrogens (tertiary/aromatic N) is 1. The van der Waals surface area contributed by atoms with Crippen molar-refractivity contribution in [3.63, 3.8) is 0 Å². The second-order valence-corrected chi connectivity index (χ2v) is 6.34. The molecule has 1 atom stereocenters. The quantitative estimate of drug-likeness (QED) is 0.836. The molecule has 0 aromatic heterocycles. The highest BCUT2D eigenvalue weighted by molar-refractivity contribution is 6.36. The van der Waals surface area contributed by atoms with Crippen LogP contribution in [-0.2, 0) is 4.74 Å². The van der Waals surface area contributed by atoms with Gasteiger partial charge < -0.3 is 15.0 Å². The first-order valence-electron chi connectivity index (χ1n) is 7.41. The highest BCUT2D eigenvalue weighted by Gasteiger charge is 2.34. The maximum atomic E-state index is 12.1. The Bertz CT molecular complexity index is 655. The molecular weight excluding hydrogens is 384 g/mol. The number of rotatable bonds is 4. The highest BCUT2D eigenvalue weighted by Crippen LogP contribution is 2.22. The molecule has 1 aromatic rings. The first kappa shape index (κ1) is 19.7. The van der Waals surface area contributed by atoms with Crippen molar-refractivity contribution in [2.75, 3.05) is 19.7 Å². The van der Waals surface area contributed by atoms with Gasteiger partial charge in [-0.3, -0.25) is 4.79 Å². The van der Waals surface area contributed by atoms with Gasteiger partial charge in [0.15, 0.2) is 6.61 Å². The number of amides is 2. The van der Waals surface area contributed by atoms with Crippen LogP contribution < -0.4 is 5.32 Å². The Balaban J connectivity index is 1.90. The van der Waals surface area contributed by atoms with E-state index in [0.717, 1.165) is 0 Å². The number of halogens is 5. The smallest absolute Gasteiger partial charge is 0.422 e. The summed E-state index contributed by atoms with van der Waals surface area (Å²) in [6.07, 6.45) is -4.46. The summed E-state index contributed by atoms with van der Waals surface area (Å²) in [6.45, 7) is -1.28. The molecular formula is C15H15Cl2F3N2O3. The van der Waals surface area contributed by atoms with Crippen LogP contribution in [0.1, 0.15) is 23.2 Å². The van der Waals surface area contributed by atoms with E-state index < -0.39 is 30.8 Å². The number of nitrogens with one attached hydrogen (secondary N) is 1. The number of benzene rings is 1. The van der Waals surface area contributed by atoms with Gasteiger partial charge in [-0.25, -0.2) is 4.79 Å². The van der Waals surface area contributed by atoms with Crippen LogP contribution in [0.2, 0.25) is 10.0 Å². The molecule has 0 bridgehead atoms. The number of ether oxygens (including phenoxy) is 1. The predicted octanol–water partition coefficient (Wildman–Crippen LogP) is 3.89. The van der Waals surface area contributed by atoms with Crippen LogP contribution >= 0.6 is 23.2 Å². The standard InChI is InChI=1S/C15H15Cl2F3N2O3/c16-9-3-4-11(12(17)6-9)13(23)21-7-10-2-1-5-22(10)14(24)25-8-15(18,19)20/h3-4,6,10H,1-2,5,7-8H2,(H,21,23). The molecule has 0 radical (unpaired) electrons. The van der Waals surface area contributed by atoms with Crippen LogP contribution in [0.15, 0.2) is 18.2 Å². The fraction of sp³-hybridized carbons (Fsp3) is 0.467. The Labute approximate surface area is 152 Å². The largest absolute Gasteiger partial charge is 0.440 e. The van der Waals surface area contributed by atoms with Crippen molar-refractivity contribution in [3.8, 4) is 0 Å². The summed E-state index contributed by atoms with van der Waals surface area (Å²) in [5.74, 6) is -0.461. The lowest BCUT2D eigenvalue weighted by atomic mass is 10.2. The monoisotopic (exact) mass is 398 g/mol. The van der Waals surface area contributed by atoms with Crippen molar-refractivity contribution in [1.29, 1.82) is 0 Å². The number of hydrogen-bond donors (Lipinski definition) is 1. The zero-order valence-corrected chi connectivity index (χ0v) is 14.4. The number of alkyl halides is 3. The predicted molar refractivity (Wildman–Crippen MR) is 85.9 cm³/mol. The Morgan fingerprint density at radius 1 is 1.32 bits per heavy atom.